The summed E-state index contributed by atoms with van der Waals surface area (Å²) in [5.41, 5.74) is 0. The van der Waals surface area contributed by atoms with E-state index >= 15 is 0 Å². The molecule has 0 aromatic heterocycles. The molecule has 0 aromatic rings. The Kier molecular flexibility index (Phi) is 10.5. The van der Waals surface area contributed by atoms with Crippen LogP contribution in [0.3, 0.4) is 0 Å². The highest BCUT2D eigenvalue weighted by Crippen LogP contribution is 2.10. The van der Waals surface area contributed by atoms with E-state index in [-0.39, 0.29) is 18.3 Å². The second kappa shape index (κ2) is 9.49. The second-order valence-electron chi connectivity index (χ2n) is 4.53. The van der Waals surface area contributed by atoms with Crippen molar-refractivity contribution in [2.45, 2.75) is 27.7 Å². The van der Waals surface area contributed by atoms with Gasteiger partial charge in [0.05, 0.1) is 26.2 Å². The van der Waals surface area contributed by atoms with Crippen molar-refractivity contribution >= 4 is 5.91 Å². The molecule has 1 N–H and O–H groups in total. The van der Waals surface area contributed by atoms with Gasteiger partial charge in [-0.25, -0.2) is 0 Å². The summed E-state index contributed by atoms with van der Waals surface area (Å²) in [7, 11) is 0. The topological polar surface area (TPSA) is 29.1 Å². The fourth-order valence-electron chi connectivity index (χ4n) is 2.13. The summed E-state index contributed by atoms with van der Waals surface area (Å²) in [4.78, 5) is 11.1. The third kappa shape index (κ3) is 6.69. The van der Waals surface area contributed by atoms with E-state index < -0.39 is 0 Å². The summed E-state index contributed by atoms with van der Waals surface area (Å²) in [6.45, 7) is 17.7. The number of halogens is 1. The molecule has 1 atom stereocenters. The van der Waals surface area contributed by atoms with Gasteiger partial charge in [0.2, 0.25) is 5.91 Å². The van der Waals surface area contributed by atoms with Crippen LogP contribution in [0.5, 0.6) is 0 Å². The summed E-state index contributed by atoms with van der Waals surface area (Å²) in [6.07, 6.45) is 1.33. The largest absolute Gasteiger partial charge is 1.00 e. The van der Waals surface area contributed by atoms with Crippen molar-refractivity contribution in [2.75, 3.05) is 32.7 Å². The lowest BCUT2D eigenvalue weighted by Gasteiger charge is -2.38. The lowest BCUT2D eigenvalue weighted by Crippen LogP contribution is -3.00. The monoisotopic (exact) mass is 262 g/mol. The number of nitrogens with zero attached hydrogens (tertiary/aromatic N) is 1. The van der Waals surface area contributed by atoms with Crippen molar-refractivity contribution in [1.82, 2.24) is 5.32 Å². The van der Waals surface area contributed by atoms with E-state index in [1.807, 2.05) is 0 Å². The highest BCUT2D eigenvalue weighted by molar-refractivity contribution is 5.86. The SMILES string of the molecule is C=CC(=O)NCC(C)C[N+](CC)(CC)CC.[Cl-]. The minimum atomic E-state index is -0.0746. The van der Waals surface area contributed by atoms with E-state index in [1.54, 1.807) is 0 Å². The quantitative estimate of drug-likeness (QED) is 0.432. The predicted octanol–water partition coefficient (Wildman–Crippen LogP) is -1.19. The first-order valence-electron chi connectivity index (χ1n) is 6.28. The molecule has 0 saturated carbocycles. The van der Waals surface area contributed by atoms with E-state index in [4.69, 9.17) is 0 Å². The lowest BCUT2D eigenvalue weighted by atomic mass is 10.1. The van der Waals surface area contributed by atoms with E-state index in [0.717, 1.165) is 37.2 Å². The van der Waals surface area contributed by atoms with Crippen LogP contribution in [0.2, 0.25) is 0 Å². The van der Waals surface area contributed by atoms with Gasteiger partial charge in [0.1, 0.15) is 0 Å². The Balaban J connectivity index is 0. The van der Waals surface area contributed by atoms with Crippen molar-refractivity contribution in [2.24, 2.45) is 5.92 Å². The zero-order valence-electron chi connectivity index (χ0n) is 11.6. The molecule has 0 aromatic carbocycles. The van der Waals surface area contributed by atoms with Gasteiger partial charge in [-0.05, 0) is 26.8 Å². The number of carbonyl (C=O) groups is 1. The normalized spacial score (nSPS) is 12.5. The van der Waals surface area contributed by atoms with Crippen LogP contribution in [0.25, 0.3) is 0 Å². The number of hydrogen-bond donors (Lipinski definition) is 1. The molecule has 4 heteroatoms. The summed E-state index contributed by atoms with van der Waals surface area (Å²) < 4.78 is 1.13. The number of rotatable bonds is 8. The third-order valence-corrected chi connectivity index (χ3v) is 3.52. The highest BCUT2D eigenvalue weighted by atomic mass is 35.5. The van der Waals surface area contributed by atoms with Crippen molar-refractivity contribution in [1.29, 1.82) is 0 Å². The molecule has 17 heavy (non-hydrogen) atoms. The maximum atomic E-state index is 11.1. The molecule has 0 fully saturated rings. The number of amides is 1. The van der Waals surface area contributed by atoms with Gasteiger partial charge in [-0.2, -0.15) is 0 Å². The summed E-state index contributed by atoms with van der Waals surface area (Å²) in [6, 6.07) is 0. The standard InChI is InChI=1S/C13H26N2O.ClH/c1-6-13(16)14-10-12(5)11-15(7-2,8-3)9-4;/h6,12H,1,7-11H2,2-5H3;1H. The van der Waals surface area contributed by atoms with Gasteiger partial charge < -0.3 is 22.2 Å². The Bertz CT molecular complexity index is 219. The van der Waals surface area contributed by atoms with Crippen LogP contribution in [0, 0.1) is 5.92 Å². The number of quaternary nitrogens is 1. The van der Waals surface area contributed by atoms with Crippen LogP contribution in [0.15, 0.2) is 12.7 Å². The van der Waals surface area contributed by atoms with Crippen LogP contribution in [-0.2, 0) is 4.79 Å². The van der Waals surface area contributed by atoms with Crippen LogP contribution < -0.4 is 17.7 Å². The molecule has 1 unspecified atom stereocenters. The predicted molar refractivity (Wildman–Crippen MR) is 69.1 cm³/mol. The van der Waals surface area contributed by atoms with Gasteiger partial charge in [0, 0.05) is 12.5 Å². The van der Waals surface area contributed by atoms with Crippen LogP contribution in [0.1, 0.15) is 27.7 Å². The Morgan fingerprint density at radius 3 is 2.12 bits per heavy atom. The average Bonchev–Trinajstić information content (AvgIpc) is 2.33. The highest BCUT2D eigenvalue weighted by Gasteiger charge is 2.23. The van der Waals surface area contributed by atoms with Gasteiger partial charge in [-0.1, -0.05) is 13.5 Å². The van der Waals surface area contributed by atoms with Crippen molar-refractivity contribution in [3.8, 4) is 0 Å². The first-order chi connectivity index (χ1) is 7.53. The molecule has 1 amide bonds. The molecular formula is C13H27ClN2O. The molecule has 0 aliphatic carbocycles. The van der Waals surface area contributed by atoms with Crippen molar-refractivity contribution in [3.63, 3.8) is 0 Å². The third-order valence-electron chi connectivity index (χ3n) is 3.52. The molecule has 0 heterocycles. The molecule has 0 bridgehead atoms. The minimum absolute atomic E-state index is 0. The Morgan fingerprint density at radius 2 is 1.76 bits per heavy atom. The molecule has 0 spiro atoms. The summed E-state index contributed by atoms with van der Waals surface area (Å²) in [5, 5.41) is 2.86. The maximum Gasteiger partial charge on any atom is 0.243 e. The minimum Gasteiger partial charge on any atom is -1.00 e. The van der Waals surface area contributed by atoms with Gasteiger partial charge >= 0.3 is 0 Å². The van der Waals surface area contributed by atoms with Gasteiger partial charge in [-0.15, -0.1) is 0 Å². The van der Waals surface area contributed by atoms with E-state index in [0.29, 0.717) is 5.92 Å². The van der Waals surface area contributed by atoms with E-state index in [1.165, 1.54) is 6.08 Å². The summed E-state index contributed by atoms with van der Waals surface area (Å²) >= 11 is 0. The zero-order valence-corrected chi connectivity index (χ0v) is 12.4. The molecule has 3 nitrogen and oxygen atoms in total. The summed E-state index contributed by atoms with van der Waals surface area (Å²) in [5.74, 6) is 0.429. The molecule has 0 rings (SSSR count). The second-order valence-corrected chi connectivity index (χ2v) is 4.53. The van der Waals surface area contributed by atoms with E-state index in [9.17, 15) is 4.79 Å². The van der Waals surface area contributed by atoms with Gasteiger partial charge in [-0.3, -0.25) is 4.79 Å². The molecule has 102 valence electrons. The zero-order chi connectivity index (χ0) is 12.6. The number of hydrogen-bond acceptors (Lipinski definition) is 1. The molecule has 0 radical (unpaired) electrons. The molecule has 0 saturated heterocycles. The average molecular weight is 263 g/mol. The Hall–Kier alpha value is -0.540. The maximum absolute atomic E-state index is 11.1. The fraction of sp³-hybridized carbons (Fsp3) is 0.769. The van der Waals surface area contributed by atoms with Gasteiger partial charge in [0.25, 0.3) is 0 Å². The Morgan fingerprint density at radius 1 is 1.29 bits per heavy atom. The van der Waals surface area contributed by atoms with Crippen LogP contribution in [-0.4, -0.2) is 43.1 Å². The van der Waals surface area contributed by atoms with Crippen molar-refractivity contribution < 1.29 is 21.7 Å². The number of nitrogens with one attached hydrogen (secondary N) is 1. The fourth-order valence-corrected chi connectivity index (χ4v) is 2.13. The smallest absolute Gasteiger partial charge is 0.243 e. The van der Waals surface area contributed by atoms with Crippen molar-refractivity contribution in [3.05, 3.63) is 12.7 Å². The first kappa shape index (κ1) is 18.8. The molecule has 0 aliphatic heterocycles. The Labute approximate surface area is 112 Å². The lowest BCUT2D eigenvalue weighted by molar-refractivity contribution is -0.926. The van der Waals surface area contributed by atoms with Crippen LogP contribution in [0.4, 0.5) is 0 Å². The number of carbonyl (C=O) groups excluding carboxylic acids is 1. The molecule has 0 aliphatic rings. The first-order valence-corrected chi connectivity index (χ1v) is 6.28. The van der Waals surface area contributed by atoms with E-state index in [2.05, 4.69) is 39.6 Å². The van der Waals surface area contributed by atoms with Crippen LogP contribution >= 0.6 is 0 Å². The van der Waals surface area contributed by atoms with Gasteiger partial charge in [0.15, 0.2) is 0 Å². The molecular weight excluding hydrogens is 236 g/mol.